The third kappa shape index (κ3) is 17.3. The predicted molar refractivity (Wildman–Crippen MR) is 147 cm³/mol. The van der Waals surface area contributed by atoms with Crippen molar-refractivity contribution < 1.29 is 22.9 Å². The molecule has 1 atom stereocenters. The van der Waals surface area contributed by atoms with Gasteiger partial charge in [0.2, 0.25) is 5.78 Å². The summed E-state index contributed by atoms with van der Waals surface area (Å²) in [6, 6.07) is 0.656. The first-order valence-corrected chi connectivity index (χ1v) is 16.7. The summed E-state index contributed by atoms with van der Waals surface area (Å²) >= 11 is 1.24. The Morgan fingerprint density at radius 3 is 1.56 bits per heavy atom. The summed E-state index contributed by atoms with van der Waals surface area (Å²) in [5, 5.41) is -0.160. The molecule has 0 heterocycles. The number of unbranched alkanes of at least 4 members (excludes halogenated alkanes) is 13. The average Bonchev–Trinajstić information content (AvgIpc) is 2.85. The van der Waals surface area contributed by atoms with Crippen LogP contribution in [0.25, 0.3) is 0 Å². The van der Waals surface area contributed by atoms with Crippen molar-refractivity contribution in [3.8, 4) is 0 Å². The molecule has 0 saturated heterocycles. The van der Waals surface area contributed by atoms with E-state index in [1.807, 2.05) is 0 Å². The molecule has 0 aromatic carbocycles. The van der Waals surface area contributed by atoms with Gasteiger partial charge in [-0.2, -0.15) is 0 Å². The molecule has 0 saturated carbocycles. The molecule has 34 heavy (non-hydrogen) atoms. The van der Waals surface area contributed by atoms with Crippen LogP contribution in [0.4, 0.5) is 0 Å². The minimum Gasteiger partial charge on any atom is -0.377 e. The maximum atomic E-state index is 12.6. The van der Waals surface area contributed by atoms with Crippen molar-refractivity contribution in [3.05, 3.63) is 0 Å². The van der Waals surface area contributed by atoms with E-state index in [0.29, 0.717) is 12.5 Å². The fourth-order valence-corrected chi connectivity index (χ4v) is 7.30. The number of hydrogen-bond acceptors (Lipinski definition) is 6. The van der Waals surface area contributed by atoms with Gasteiger partial charge in [-0.05, 0) is 19.3 Å². The molecule has 0 aliphatic heterocycles. The molecule has 0 aliphatic rings. The van der Waals surface area contributed by atoms with Gasteiger partial charge in [-0.25, -0.2) is 0 Å². The van der Waals surface area contributed by atoms with Crippen LogP contribution in [-0.2, 0) is 22.9 Å². The van der Waals surface area contributed by atoms with E-state index in [1.54, 1.807) is 21.3 Å². The molecular weight excluding hydrogens is 464 g/mol. The smallest absolute Gasteiger partial charge is 0.377 e. The summed E-state index contributed by atoms with van der Waals surface area (Å²) < 4.78 is 16.6. The molecule has 1 unspecified atom stereocenters. The van der Waals surface area contributed by atoms with Crippen LogP contribution in [0.1, 0.15) is 129 Å². The average molecular weight is 519 g/mol. The van der Waals surface area contributed by atoms with Crippen LogP contribution in [0.15, 0.2) is 0 Å². The highest BCUT2D eigenvalue weighted by atomic mass is 32.2. The SMILES string of the molecule is CCCCCCCCCCCCC(=O)C(=O)SC(CCCCCCC)CC[Si](OC)(OC)OC. The van der Waals surface area contributed by atoms with Crippen LogP contribution in [0.5, 0.6) is 0 Å². The molecular formula is C27H54O5SSi. The lowest BCUT2D eigenvalue weighted by atomic mass is 10.1. The topological polar surface area (TPSA) is 61.8 Å². The second kappa shape index (κ2) is 23.2. The maximum Gasteiger partial charge on any atom is 0.500 e. The fraction of sp³-hybridized carbons (Fsp3) is 0.926. The number of carbonyl (C=O) groups excluding carboxylic acids is 2. The zero-order valence-electron chi connectivity index (χ0n) is 23.0. The van der Waals surface area contributed by atoms with Gasteiger partial charge in [0.1, 0.15) is 0 Å². The highest BCUT2D eigenvalue weighted by Crippen LogP contribution is 2.28. The summed E-state index contributed by atoms with van der Waals surface area (Å²) in [6.45, 7) is 4.46. The molecule has 0 amide bonds. The van der Waals surface area contributed by atoms with Crippen molar-refractivity contribution in [2.75, 3.05) is 21.3 Å². The van der Waals surface area contributed by atoms with E-state index < -0.39 is 8.80 Å². The monoisotopic (exact) mass is 518 g/mol. The summed E-state index contributed by atoms with van der Waals surface area (Å²) in [5.74, 6) is -0.214. The summed E-state index contributed by atoms with van der Waals surface area (Å²) in [5.41, 5.74) is 0. The number of ketones is 1. The number of hydrogen-bond donors (Lipinski definition) is 0. The summed E-state index contributed by atoms with van der Waals surface area (Å²) in [4.78, 5) is 25.1. The van der Waals surface area contributed by atoms with Gasteiger partial charge in [0.25, 0.3) is 5.12 Å². The molecule has 0 aliphatic carbocycles. The second-order valence-electron chi connectivity index (χ2n) is 9.42. The number of rotatable bonds is 25. The van der Waals surface area contributed by atoms with Gasteiger partial charge in [0.05, 0.1) is 0 Å². The Hall–Kier alpha value is -0.213. The van der Waals surface area contributed by atoms with Gasteiger partial charge >= 0.3 is 8.80 Å². The van der Waals surface area contributed by atoms with Gasteiger partial charge < -0.3 is 13.3 Å². The van der Waals surface area contributed by atoms with Crippen LogP contribution >= 0.6 is 11.8 Å². The van der Waals surface area contributed by atoms with E-state index >= 15 is 0 Å². The normalized spacial score (nSPS) is 12.7. The van der Waals surface area contributed by atoms with Crippen LogP contribution in [0.2, 0.25) is 6.04 Å². The van der Waals surface area contributed by atoms with Crippen LogP contribution in [0.3, 0.4) is 0 Å². The van der Waals surface area contributed by atoms with E-state index in [4.69, 9.17) is 13.3 Å². The minimum atomic E-state index is -2.68. The molecule has 0 bridgehead atoms. The van der Waals surface area contributed by atoms with Crippen LogP contribution in [0, 0.1) is 0 Å². The summed E-state index contributed by atoms with van der Waals surface area (Å²) in [7, 11) is 2.18. The van der Waals surface area contributed by atoms with Gasteiger partial charge in [0, 0.05) is 39.0 Å². The van der Waals surface area contributed by atoms with Crippen LogP contribution < -0.4 is 0 Å². The third-order valence-electron chi connectivity index (χ3n) is 6.59. The fourth-order valence-electron chi connectivity index (χ4n) is 4.22. The number of carbonyl (C=O) groups is 2. The van der Waals surface area contributed by atoms with E-state index in [-0.39, 0.29) is 16.1 Å². The lowest BCUT2D eigenvalue weighted by Crippen LogP contribution is -2.43. The molecule has 0 spiro atoms. The summed E-state index contributed by atoms with van der Waals surface area (Å²) in [6.07, 6.45) is 20.3. The third-order valence-corrected chi connectivity index (χ3v) is 10.6. The molecule has 0 radical (unpaired) electrons. The van der Waals surface area contributed by atoms with E-state index in [1.165, 1.54) is 88.8 Å². The van der Waals surface area contributed by atoms with Crippen LogP contribution in [-0.4, -0.2) is 46.3 Å². The van der Waals surface area contributed by atoms with Crippen molar-refractivity contribution in [2.24, 2.45) is 0 Å². The van der Waals surface area contributed by atoms with Crippen molar-refractivity contribution in [1.29, 1.82) is 0 Å². The number of thioether (sulfide) groups is 1. The Morgan fingerprint density at radius 2 is 1.09 bits per heavy atom. The van der Waals surface area contributed by atoms with Gasteiger partial charge in [-0.3, -0.25) is 9.59 Å². The Morgan fingerprint density at radius 1 is 0.647 bits per heavy atom. The quantitative estimate of drug-likeness (QED) is 0.0690. The molecule has 202 valence electrons. The molecule has 0 aromatic rings. The standard InChI is InChI=1S/C27H54O5SSi/c1-6-8-10-12-13-14-15-16-18-20-22-26(28)27(29)33-25(21-19-17-11-9-7-2)23-24-34(30-3,31-4)32-5/h25H,6-24H2,1-5H3. The Bertz CT molecular complexity index is 491. The van der Waals surface area contributed by atoms with E-state index in [0.717, 1.165) is 32.1 Å². The Labute approximate surface area is 216 Å². The molecule has 7 heteroatoms. The van der Waals surface area contributed by atoms with E-state index in [9.17, 15) is 9.59 Å². The molecule has 0 N–H and O–H groups in total. The highest BCUT2D eigenvalue weighted by Gasteiger charge is 2.38. The van der Waals surface area contributed by atoms with Gasteiger partial charge in [0.15, 0.2) is 0 Å². The Balaban J connectivity index is 4.36. The first-order chi connectivity index (χ1) is 16.5. The highest BCUT2D eigenvalue weighted by molar-refractivity contribution is 8.15. The first kappa shape index (κ1) is 33.8. The zero-order valence-corrected chi connectivity index (χ0v) is 24.8. The van der Waals surface area contributed by atoms with Crippen molar-refractivity contribution in [3.63, 3.8) is 0 Å². The number of Topliss-reactive ketones (excluding diaryl/α,β-unsaturated/α-hetero) is 1. The van der Waals surface area contributed by atoms with Gasteiger partial charge in [-0.1, -0.05) is 116 Å². The Kier molecular flexibility index (Phi) is 23.1. The predicted octanol–water partition coefficient (Wildman–Crippen LogP) is 8.12. The molecule has 0 fully saturated rings. The van der Waals surface area contributed by atoms with Gasteiger partial charge in [-0.15, -0.1) is 0 Å². The molecule has 0 aromatic heterocycles. The van der Waals surface area contributed by atoms with Crippen molar-refractivity contribution in [1.82, 2.24) is 0 Å². The second-order valence-corrected chi connectivity index (χ2v) is 13.8. The van der Waals surface area contributed by atoms with Crippen molar-refractivity contribution >= 4 is 31.5 Å². The maximum absolute atomic E-state index is 12.6. The largest absolute Gasteiger partial charge is 0.500 e. The lowest BCUT2D eigenvalue weighted by Gasteiger charge is -2.26. The first-order valence-electron chi connectivity index (χ1n) is 13.9. The van der Waals surface area contributed by atoms with Crippen molar-refractivity contribution in [2.45, 2.75) is 141 Å². The zero-order chi connectivity index (χ0) is 25.5. The lowest BCUT2D eigenvalue weighted by molar-refractivity contribution is -0.131. The molecule has 0 rings (SSSR count). The minimum absolute atomic E-state index is 0.109. The molecule has 5 nitrogen and oxygen atoms in total. The van der Waals surface area contributed by atoms with E-state index in [2.05, 4.69) is 13.8 Å².